The van der Waals surface area contributed by atoms with Gasteiger partial charge in [-0.15, -0.1) is 0 Å². The van der Waals surface area contributed by atoms with E-state index in [-0.39, 0.29) is 34.5 Å². The Labute approximate surface area is 584 Å². The Balaban J connectivity index is 0.000000154. The van der Waals surface area contributed by atoms with Crippen LogP contribution in [0.2, 0.25) is 0 Å². The first kappa shape index (κ1) is 74.2. The molecule has 30 heteroatoms. The van der Waals surface area contributed by atoms with Crippen molar-refractivity contribution in [1.82, 2.24) is 0 Å². The highest BCUT2D eigenvalue weighted by Crippen LogP contribution is 2.52. The van der Waals surface area contributed by atoms with Gasteiger partial charge in [-0.25, -0.2) is 25.3 Å². The van der Waals surface area contributed by atoms with Crippen molar-refractivity contribution in [1.29, 1.82) is 0 Å². The summed E-state index contributed by atoms with van der Waals surface area (Å²) in [6.45, 7) is 7.28. The Kier molecular flexibility index (Phi) is 19.9. The average Bonchev–Trinajstić information content (AvgIpc) is 0.764. The normalized spacial score (nSPS) is 20.2. The zero-order chi connectivity index (χ0) is 74.1. The smallest absolute Gasteiger partial charge is 0.416 e. The number of halogens is 9. The SMILES string of the molecule is CCC1(CC)C/C(=C\C(=O)Nc2ccc3c(c2)N(C)S(=O)(=O)CC3)c2ccc(C(F)(F)F)cc2O1.CN1c2cc(NC(=O)/C=C3\CC(C)(C)Oc4cc(C(F)(F)F)ccc43)ccc2CCS1(=O)=O.CN1c2cc(NC(=O)/C=C3\CC4(CCC4)Oc4cc(C(F)(F)F)ccc43)ccc2CCS1(=O)=O. The lowest BCUT2D eigenvalue weighted by molar-refractivity contribution is -0.138. The first-order valence-electron chi connectivity index (χ1n) is 32.6. The van der Waals surface area contributed by atoms with Crippen LogP contribution in [-0.2, 0) is 82.2 Å². The molecule has 3 N–H and O–H groups in total. The van der Waals surface area contributed by atoms with Gasteiger partial charge in [-0.1, -0.05) is 50.2 Å². The van der Waals surface area contributed by atoms with Crippen molar-refractivity contribution in [2.75, 3.05) is 67.3 Å². The third kappa shape index (κ3) is 15.9. The number of hydrogen-bond donors (Lipinski definition) is 3. The maximum Gasteiger partial charge on any atom is 0.416 e. The van der Waals surface area contributed by atoms with Gasteiger partial charge < -0.3 is 30.2 Å². The predicted molar refractivity (Wildman–Crippen MR) is 371 cm³/mol. The number of aryl methyl sites for hydroxylation is 3. The van der Waals surface area contributed by atoms with E-state index in [1.165, 1.54) is 70.5 Å². The third-order valence-corrected chi connectivity index (χ3v) is 24.6. The molecule has 6 aromatic carbocycles. The van der Waals surface area contributed by atoms with E-state index in [1.54, 1.807) is 68.4 Å². The van der Waals surface area contributed by atoms with Crippen LogP contribution >= 0.6 is 0 Å². The molecule has 13 rings (SSSR count). The lowest BCUT2D eigenvalue weighted by Crippen LogP contribution is -2.45. The fraction of sp³-hybridized carbons (Fsp3) is 0.375. The number of nitrogens with one attached hydrogen (secondary N) is 3. The highest BCUT2D eigenvalue weighted by Gasteiger charge is 2.46. The second-order valence-corrected chi connectivity index (χ2v) is 33.1. The molecule has 544 valence electrons. The molecule has 1 fully saturated rings. The van der Waals surface area contributed by atoms with Crippen LogP contribution in [0.3, 0.4) is 0 Å². The van der Waals surface area contributed by atoms with Gasteiger partial charge in [0.25, 0.3) is 0 Å². The van der Waals surface area contributed by atoms with Crippen molar-refractivity contribution in [3.63, 3.8) is 0 Å². The maximum absolute atomic E-state index is 13.3. The van der Waals surface area contributed by atoms with E-state index >= 15 is 0 Å². The zero-order valence-electron chi connectivity index (χ0n) is 56.4. The van der Waals surface area contributed by atoms with Crippen LogP contribution < -0.4 is 43.1 Å². The largest absolute Gasteiger partial charge is 0.487 e. The molecular formula is C72H73F9N6O12S3. The summed E-state index contributed by atoms with van der Waals surface area (Å²) in [6.07, 6.45) is -3.59. The van der Waals surface area contributed by atoms with Crippen molar-refractivity contribution in [2.24, 2.45) is 0 Å². The van der Waals surface area contributed by atoms with Crippen LogP contribution in [0, 0.1) is 0 Å². The van der Waals surface area contributed by atoms with Crippen molar-refractivity contribution in [2.45, 2.75) is 134 Å². The van der Waals surface area contributed by atoms with Gasteiger partial charge in [-0.05, 0) is 171 Å². The lowest BCUT2D eigenvalue weighted by atomic mass is 9.72. The number of alkyl halides is 9. The molecule has 0 radical (unpaired) electrons. The molecule has 6 aromatic rings. The van der Waals surface area contributed by atoms with E-state index in [9.17, 15) is 79.2 Å². The third-order valence-electron chi connectivity index (χ3n) is 19.3. The highest BCUT2D eigenvalue weighted by molar-refractivity contribution is 7.93. The molecule has 0 saturated heterocycles. The molecule has 102 heavy (non-hydrogen) atoms. The molecule has 6 heterocycles. The molecule has 1 spiro atoms. The topological polar surface area (TPSA) is 227 Å². The average molecular weight is 1480 g/mol. The van der Waals surface area contributed by atoms with E-state index in [0.717, 1.165) is 59.5 Å². The summed E-state index contributed by atoms with van der Waals surface area (Å²) in [7, 11) is -5.74. The van der Waals surface area contributed by atoms with Crippen LogP contribution in [-0.4, -0.2) is 98.2 Å². The summed E-state index contributed by atoms with van der Waals surface area (Å²) in [5.74, 6) is -0.975. The predicted octanol–water partition coefficient (Wildman–Crippen LogP) is 14.8. The zero-order valence-corrected chi connectivity index (χ0v) is 58.8. The van der Waals surface area contributed by atoms with Crippen LogP contribution in [0.1, 0.15) is 129 Å². The van der Waals surface area contributed by atoms with Gasteiger partial charge in [0.05, 0.1) is 51.0 Å². The van der Waals surface area contributed by atoms with Crippen LogP contribution in [0.15, 0.2) is 127 Å². The van der Waals surface area contributed by atoms with E-state index in [2.05, 4.69) is 16.0 Å². The summed E-state index contributed by atoms with van der Waals surface area (Å²) in [6, 6.07) is 25.1. The maximum atomic E-state index is 13.3. The van der Waals surface area contributed by atoms with Crippen LogP contribution in [0.25, 0.3) is 16.7 Å². The number of benzene rings is 6. The number of rotatable bonds is 8. The Morgan fingerprint density at radius 3 is 1.10 bits per heavy atom. The molecule has 1 aliphatic carbocycles. The molecule has 3 amide bonds. The van der Waals surface area contributed by atoms with Gasteiger partial charge in [0.2, 0.25) is 47.8 Å². The minimum Gasteiger partial charge on any atom is -0.487 e. The summed E-state index contributed by atoms with van der Waals surface area (Å²) < 4.78 is 213. The summed E-state index contributed by atoms with van der Waals surface area (Å²) in [5.41, 5.74) is 3.97. The summed E-state index contributed by atoms with van der Waals surface area (Å²) in [4.78, 5) is 38.6. The lowest BCUT2D eigenvalue weighted by Gasteiger charge is -2.46. The number of fused-ring (bicyclic) bond motifs is 6. The molecule has 18 nitrogen and oxygen atoms in total. The molecular weight excluding hydrogens is 1410 g/mol. The van der Waals surface area contributed by atoms with Gasteiger partial charge >= 0.3 is 18.5 Å². The van der Waals surface area contributed by atoms with Crippen molar-refractivity contribution in [3.05, 3.63) is 177 Å². The number of amides is 3. The first-order valence-corrected chi connectivity index (χ1v) is 37.5. The van der Waals surface area contributed by atoms with Crippen LogP contribution in [0.4, 0.5) is 73.6 Å². The number of ether oxygens (including phenoxy) is 3. The minimum absolute atomic E-state index is 0.0294. The quantitative estimate of drug-likeness (QED) is 0.0955. The number of sulfonamides is 3. The van der Waals surface area contributed by atoms with E-state index < -0.39 is 99.8 Å². The standard InChI is InChI=1S/C25H27F3N2O4S.C24H23F3N2O4S.C23H23F3N2O4S/c1-4-24(5-2)15-17(20-9-7-18(25(26,27)28)13-22(20)34-24)12-23(31)29-19-8-6-16-10-11-35(32,33)30(3)21(16)14-19;1-29-20-13-18(5-3-15(20)7-10-34(29,31)32)28-22(30)11-16-14-23(8-2-9-23)33-21-12-17(24(25,26)27)4-6-19(16)21;1-22(2)13-15(18-7-5-16(23(24,25)26)11-20(18)32-22)10-21(29)27-17-6-4-14-8-9-33(30,31)28(3)19(14)12-17/h6-9,12-14H,4-5,10-11,15H2,1-3H3,(H,29,31);3-6,11-13H,2,7-10,14H2,1H3,(H,28,30);4-7,10-12H,8-9,13H2,1-3H3,(H,27,29)/b17-12+;16-11+;15-10+. The van der Waals surface area contributed by atoms with Crippen molar-refractivity contribution < 1.29 is 93.4 Å². The van der Waals surface area contributed by atoms with E-state index in [1.807, 2.05) is 13.8 Å². The fourth-order valence-electron chi connectivity index (χ4n) is 13.4. The summed E-state index contributed by atoms with van der Waals surface area (Å²) >= 11 is 0. The van der Waals surface area contributed by atoms with Crippen LogP contribution in [0.5, 0.6) is 17.2 Å². The van der Waals surface area contributed by atoms with Crippen molar-refractivity contribution >= 4 is 98.6 Å². The Morgan fingerprint density at radius 2 is 0.775 bits per heavy atom. The van der Waals surface area contributed by atoms with Gasteiger partial charge in [0, 0.05) is 92.4 Å². The van der Waals surface area contributed by atoms with Crippen molar-refractivity contribution in [3.8, 4) is 17.2 Å². The molecule has 1 saturated carbocycles. The number of carbonyl (C=O) groups excluding carboxylic acids is 3. The van der Waals surface area contributed by atoms with E-state index in [0.29, 0.717) is 132 Å². The number of carbonyl (C=O) groups is 3. The number of anilines is 6. The first-order chi connectivity index (χ1) is 47.6. The molecule has 0 aromatic heterocycles. The molecule has 0 atom stereocenters. The fourth-order valence-corrected chi connectivity index (χ4v) is 17.0. The molecule has 7 aliphatic rings. The highest BCUT2D eigenvalue weighted by atomic mass is 32.2. The number of nitrogens with zero attached hydrogens (tertiary/aromatic N) is 3. The second-order valence-electron chi connectivity index (χ2n) is 26.8. The Morgan fingerprint density at radius 1 is 0.451 bits per heavy atom. The second kappa shape index (κ2) is 27.3. The van der Waals surface area contributed by atoms with Gasteiger partial charge in [0.1, 0.15) is 34.1 Å². The number of hydrogen-bond acceptors (Lipinski definition) is 12. The Bertz CT molecular complexity index is 4830. The molecule has 6 aliphatic heterocycles. The molecule has 0 bridgehead atoms. The minimum atomic E-state index is -4.51. The van der Waals surface area contributed by atoms with E-state index in [4.69, 9.17) is 14.2 Å². The molecule has 0 unspecified atom stereocenters. The van der Waals surface area contributed by atoms with Gasteiger partial charge in [0.15, 0.2) is 0 Å². The van der Waals surface area contributed by atoms with Gasteiger partial charge in [-0.3, -0.25) is 27.3 Å². The Hall–Kier alpha value is -9.03. The van der Waals surface area contributed by atoms with Gasteiger partial charge in [-0.2, -0.15) is 39.5 Å². The monoisotopic (exact) mass is 1480 g/mol. The summed E-state index contributed by atoms with van der Waals surface area (Å²) in [5, 5.41) is 8.24.